The minimum Gasteiger partial charge on any atom is -0.478 e. The topological polar surface area (TPSA) is 88.1 Å². The van der Waals surface area contributed by atoms with Crippen molar-refractivity contribution >= 4 is 28.3 Å². The largest absolute Gasteiger partial charge is 0.478 e. The standard InChI is InChI=1S/C12H18N2O5S/c1-18-6-4-14(5-7-19-2)12(17)13-10-9(11(15)16)3-8-20-10/h3,8H,4-7H2,1-2H3,(H,13,17)(H,15,16). The molecule has 7 nitrogen and oxygen atoms in total. The number of urea groups is 1. The second-order valence-electron chi connectivity index (χ2n) is 3.87. The van der Waals surface area contributed by atoms with Crippen molar-refractivity contribution in [2.75, 3.05) is 45.8 Å². The Morgan fingerprint density at radius 3 is 2.40 bits per heavy atom. The molecule has 2 amide bonds. The molecule has 0 aromatic carbocycles. The van der Waals surface area contributed by atoms with E-state index in [9.17, 15) is 9.59 Å². The third kappa shape index (κ3) is 4.80. The molecule has 1 aromatic rings. The number of carboxylic acid groups (broad SMARTS) is 1. The number of nitrogens with one attached hydrogen (secondary N) is 1. The molecule has 0 bridgehead atoms. The molecular formula is C12H18N2O5S. The van der Waals surface area contributed by atoms with E-state index in [2.05, 4.69) is 5.32 Å². The molecule has 8 heteroatoms. The predicted molar refractivity (Wildman–Crippen MR) is 75.6 cm³/mol. The quantitative estimate of drug-likeness (QED) is 0.761. The van der Waals surface area contributed by atoms with Gasteiger partial charge >= 0.3 is 12.0 Å². The Balaban J connectivity index is 2.68. The lowest BCUT2D eigenvalue weighted by molar-refractivity contribution is 0.0698. The summed E-state index contributed by atoms with van der Waals surface area (Å²) in [5.74, 6) is -1.07. The van der Waals surface area contributed by atoms with Gasteiger partial charge < -0.3 is 19.5 Å². The van der Waals surface area contributed by atoms with Gasteiger partial charge in [0.2, 0.25) is 0 Å². The number of hydrogen-bond donors (Lipinski definition) is 2. The second-order valence-corrected chi connectivity index (χ2v) is 4.79. The smallest absolute Gasteiger partial charge is 0.338 e. The van der Waals surface area contributed by atoms with E-state index in [0.29, 0.717) is 31.3 Å². The van der Waals surface area contributed by atoms with E-state index in [1.54, 1.807) is 19.6 Å². The summed E-state index contributed by atoms with van der Waals surface area (Å²) >= 11 is 1.17. The number of nitrogens with zero attached hydrogens (tertiary/aromatic N) is 1. The van der Waals surface area contributed by atoms with Crippen LogP contribution in [0.2, 0.25) is 0 Å². The van der Waals surface area contributed by atoms with Gasteiger partial charge in [-0.15, -0.1) is 11.3 Å². The zero-order valence-electron chi connectivity index (χ0n) is 11.4. The summed E-state index contributed by atoms with van der Waals surface area (Å²) in [6.45, 7) is 1.60. The molecule has 0 unspecified atom stereocenters. The van der Waals surface area contributed by atoms with Gasteiger partial charge in [-0.25, -0.2) is 9.59 Å². The maximum Gasteiger partial charge on any atom is 0.338 e. The molecule has 0 radical (unpaired) electrons. The van der Waals surface area contributed by atoms with Crippen molar-refractivity contribution < 1.29 is 24.2 Å². The Bertz CT molecular complexity index is 441. The van der Waals surface area contributed by atoms with Crippen LogP contribution in [0.4, 0.5) is 9.80 Å². The van der Waals surface area contributed by atoms with Gasteiger partial charge in [0.25, 0.3) is 0 Å². The van der Waals surface area contributed by atoms with Crippen LogP contribution in [0.15, 0.2) is 11.4 Å². The van der Waals surface area contributed by atoms with E-state index in [0.717, 1.165) is 0 Å². The van der Waals surface area contributed by atoms with Gasteiger partial charge in [-0.2, -0.15) is 0 Å². The van der Waals surface area contributed by atoms with Crippen molar-refractivity contribution in [2.45, 2.75) is 0 Å². The first-order valence-electron chi connectivity index (χ1n) is 5.94. The molecule has 0 spiro atoms. The Kier molecular flexibility index (Phi) is 6.99. The van der Waals surface area contributed by atoms with Crippen LogP contribution in [0, 0.1) is 0 Å². The summed E-state index contributed by atoms with van der Waals surface area (Å²) in [5.41, 5.74) is 0.0850. The number of thiophene rings is 1. The first-order valence-corrected chi connectivity index (χ1v) is 6.82. The summed E-state index contributed by atoms with van der Waals surface area (Å²) < 4.78 is 9.89. The highest BCUT2D eigenvalue weighted by Crippen LogP contribution is 2.23. The fourth-order valence-electron chi connectivity index (χ4n) is 1.47. The molecular weight excluding hydrogens is 284 g/mol. The van der Waals surface area contributed by atoms with Gasteiger partial charge in [0, 0.05) is 27.3 Å². The highest BCUT2D eigenvalue weighted by atomic mass is 32.1. The van der Waals surface area contributed by atoms with Crippen LogP contribution in [0.3, 0.4) is 0 Å². The number of hydrogen-bond acceptors (Lipinski definition) is 5. The molecule has 1 aromatic heterocycles. The zero-order valence-corrected chi connectivity index (χ0v) is 12.2. The van der Waals surface area contributed by atoms with E-state index in [-0.39, 0.29) is 11.6 Å². The Hall–Kier alpha value is -1.64. The van der Waals surface area contributed by atoms with Crippen LogP contribution >= 0.6 is 11.3 Å². The van der Waals surface area contributed by atoms with Crippen molar-refractivity contribution in [3.8, 4) is 0 Å². The fraction of sp³-hybridized carbons (Fsp3) is 0.500. The van der Waals surface area contributed by atoms with Crippen molar-refractivity contribution in [3.05, 3.63) is 17.0 Å². The van der Waals surface area contributed by atoms with Crippen molar-refractivity contribution in [3.63, 3.8) is 0 Å². The molecule has 0 aliphatic heterocycles. The van der Waals surface area contributed by atoms with Crippen molar-refractivity contribution in [1.82, 2.24) is 4.90 Å². The predicted octanol–water partition coefficient (Wildman–Crippen LogP) is 1.57. The second kappa shape index (κ2) is 8.51. The fourth-order valence-corrected chi connectivity index (χ4v) is 2.24. The number of rotatable bonds is 8. The number of ether oxygens (including phenoxy) is 2. The summed E-state index contributed by atoms with van der Waals surface area (Å²) in [5, 5.41) is 13.5. The number of anilines is 1. The Morgan fingerprint density at radius 1 is 1.30 bits per heavy atom. The molecule has 20 heavy (non-hydrogen) atoms. The number of methoxy groups -OCH3 is 2. The lowest BCUT2D eigenvalue weighted by Gasteiger charge is -2.22. The van der Waals surface area contributed by atoms with Crippen molar-refractivity contribution in [1.29, 1.82) is 0 Å². The SMILES string of the molecule is COCCN(CCOC)C(=O)Nc1sccc1C(=O)O. The molecule has 112 valence electrons. The average Bonchev–Trinajstić information content (AvgIpc) is 2.87. The number of carbonyl (C=O) groups excluding carboxylic acids is 1. The maximum atomic E-state index is 12.1. The first kappa shape index (κ1) is 16.4. The molecule has 0 saturated carbocycles. The maximum absolute atomic E-state index is 12.1. The molecule has 0 fully saturated rings. The van der Waals surface area contributed by atoms with E-state index in [1.165, 1.54) is 22.3 Å². The lowest BCUT2D eigenvalue weighted by atomic mass is 10.3. The van der Waals surface area contributed by atoms with Gasteiger partial charge in [-0.1, -0.05) is 0 Å². The third-order valence-electron chi connectivity index (χ3n) is 2.53. The number of aromatic carboxylic acids is 1. The minimum absolute atomic E-state index is 0.0850. The molecule has 0 aliphatic carbocycles. The van der Waals surface area contributed by atoms with Crippen LogP contribution in [0.1, 0.15) is 10.4 Å². The van der Waals surface area contributed by atoms with E-state index < -0.39 is 5.97 Å². The van der Waals surface area contributed by atoms with E-state index >= 15 is 0 Å². The van der Waals surface area contributed by atoms with Gasteiger partial charge in [0.05, 0.1) is 18.8 Å². The summed E-state index contributed by atoms with van der Waals surface area (Å²) in [7, 11) is 3.10. The van der Waals surface area contributed by atoms with Gasteiger partial charge in [0.15, 0.2) is 0 Å². The first-order chi connectivity index (χ1) is 9.60. The molecule has 0 saturated heterocycles. The average molecular weight is 302 g/mol. The summed E-state index contributed by atoms with van der Waals surface area (Å²) in [6.07, 6.45) is 0. The number of carboxylic acids is 1. The molecule has 1 heterocycles. The van der Waals surface area contributed by atoms with Crippen LogP contribution in [-0.2, 0) is 9.47 Å². The van der Waals surface area contributed by atoms with Crippen LogP contribution in [0.25, 0.3) is 0 Å². The molecule has 0 aliphatic rings. The lowest BCUT2D eigenvalue weighted by Crippen LogP contribution is -2.39. The molecule has 2 N–H and O–H groups in total. The van der Waals surface area contributed by atoms with Gasteiger partial charge in [0.1, 0.15) is 5.00 Å². The summed E-state index contributed by atoms with van der Waals surface area (Å²) in [6, 6.07) is 1.08. The number of carbonyl (C=O) groups is 2. The Labute approximate surface area is 121 Å². The van der Waals surface area contributed by atoms with E-state index in [1.807, 2.05) is 0 Å². The van der Waals surface area contributed by atoms with Crippen molar-refractivity contribution in [2.24, 2.45) is 0 Å². The summed E-state index contributed by atoms with van der Waals surface area (Å²) in [4.78, 5) is 24.6. The zero-order chi connectivity index (χ0) is 15.0. The molecule has 0 atom stereocenters. The normalized spacial score (nSPS) is 10.3. The van der Waals surface area contributed by atoms with Crippen LogP contribution in [0.5, 0.6) is 0 Å². The number of amides is 2. The Morgan fingerprint density at radius 2 is 1.90 bits per heavy atom. The highest BCUT2D eigenvalue weighted by molar-refractivity contribution is 7.14. The van der Waals surface area contributed by atoms with Gasteiger partial charge in [-0.3, -0.25) is 5.32 Å². The molecule has 1 rings (SSSR count). The third-order valence-corrected chi connectivity index (χ3v) is 3.36. The van der Waals surface area contributed by atoms with E-state index in [4.69, 9.17) is 14.6 Å². The van der Waals surface area contributed by atoms with Crippen LogP contribution < -0.4 is 5.32 Å². The van der Waals surface area contributed by atoms with Crippen LogP contribution in [-0.4, -0.2) is 62.5 Å². The van der Waals surface area contributed by atoms with Gasteiger partial charge in [-0.05, 0) is 11.4 Å². The highest BCUT2D eigenvalue weighted by Gasteiger charge is 2.18. The monoisotopic (exact) mass is 302 g/mol. The minimum atomic E-state index is -1.07.